The molecular formula is C29H28Cl2N6O2. The lowest BCUT2D eigenvalue weighted by atomic mass is 10.0. The molecule has 39 heavy (non-hydrogen) atoms. The Hall–Kier alpha value is -3.93. The molecule has 4 aromatic rings. The molecule has 1 atom stereocenters. The summed E-state index contributed by atoms with van der Waals surface area (Å²) in [6, 6.07) is 17.1. The third kappa shape index (κ3) is 4.96. The highest BCUT2D eigenvalue weighted by molar-refractivity contribution is 6.31. The minimum absolute atomic E-state index is 0.131. The lowest BCUT2D eigenvalue weighted by Gasteiger charge is -2.30. The van der Waals surface area contributed by atoms with E-state index in [0.717, 1.165) is 28.2 Å². The topological polar surface area (TPSA) is 79.4 Å². The summed E-state index contributed by atoms with van der Waals surface area (Å²) in [4.78, 5) is 19.6. The Balaban J connectivity index is 1.74. The minimum Gasteiger partial charge on any atom is -0.480 e. The number of benzene rings is 2. The number of hydrogen-bond donors (Lipinski definition) is 0. The summed E-state index contributed by atoms with van der Waals surface area (Å²) in [6.45, 7) is 4.49. The molecule has 1 aliphatic heterocycles. The van der Waals surface area contributed by atoms with E-state index in [1.54, 1.807) is 25.4 Å². The maximum absolute atomic E-state index is 9.92. The molecule has 0 saturated heterocycles. The standard InChI is InChI=1S/C29H28Cl2N6O2/c1-17(2)39-37-25(23-15-33-29(35(3)4)34-28(23)38-5)12-20-16-36(24-13-22(31)11-8-19(24)14-32)26(27(20)37)18-6-9-21(30)10-7-18/h6-13,15,17,26H,16H2,1-5H3. The molecule has 2 aromatic carbocycles. The molecule has 5 rings (SSSR count). The minimum atomic E-state index is -0.289. The van der Waals surface area contributed by atoms with Gasteiger partial charge in [-0.2, -0.15) is 15.0 Å². The fourth-order valence-electron chi connectivity index (χ4n) is 4.85. The fraction of sp³-hybridized carbons (Fsp3) is 0.276. The molecule has 10 heteroatoms. The molecule has 0 spiro atoms. The SMILES string of the molecule is COc1nc(N(C)C)ncc1-c1cc2c(n1OC(C)C)C(c1ccc(Cl)cc1)N(c1cc(Cl)ccc1C#N)C2. The lowest BCUT2D eigenvalue weighted by Crippen LogP contribution is -2.28. The quantitative estimate of drug-likeness (QED) is 0.267. The van der Waals surface area contributed by atoms with E-state index in [2.05, 4.69) is 27.0 Å². The van der Waals surface area contributed by atoms with Crippen molar-refractivity contribution in [2.75, 3.05) is 31.0 Å². The Kier molecular flexibility index (Phi) is 7.30. The Labute approximate surface area is 237 Å². The number of anilines is 2. The van der Waals surface area contributed by atoms with Gasteiger partial charge in [0.2, 0.25) is 11.8 Å². The van der Waals surface area contributed by atoms with Crippen molar-refractivity contribution in [1.29, 1.82) is 5.26 Å². The van der Waals surface area contributed by atoms with E-state index >= 15 is 0 Å². The third-order valence-corrected chi connectivity index (χ3v) is 6.98. The molecule has 8 nitrogen and oxygen atoms in total. The van der Waals surface area contributed by atoms with Gasteiger partial charge in [0.05, 0.1) is 41.4 Å². The van der Waals surface area contributed by atoms with E-state index in [1.807, 2.05) is 67.9 Å². The molecule has 2 aromatic heterocycles. The van der Waals surface area contributed by atoms with Crippen LogP contribution in [0.3, 0.4) is 0 Å². The molecule has 3 heterocycles. The smallest absolute Gasteiger partial charge is 0.228 e. The van der Waals surface area contributed by atoms with Gasteiger partial charge in [-0.05, 0) is 61.4 Å². The maximum Gasteiger partial charge on any atom is 0.228 e. The molecule has 0 radical (unpaired) electrons. The van der Waals surface area contributed by atoms with Crippen molar-refractivity contribution in [3.8, 4) is 23.2 Å². The third-order valence-electron chi connectivity index (χ3n) is 6.49. The van der Waals surface area contributed by atoms with E-state index in [-0.39, 0.29) is 12.1 Å². The van der Waals surface area contributed by atoms with Crippen LogP contribution in [0.5, 0.6) is 5.88 Å². The maximum atomic E-state index is 9.92. The first-order chi connectivity index (χ1) is 18.7. The molecule has 1 aliphatic rings. The molecule has 0 amide bonds. The van der Waals surface area contributed by atoms with Gasteiger partial charge in [0.15, 0.2) is 0 Å². The first-order valence-corrected chi connectivity index (χ1v) is 13.2. The van der Waals surface area contributed by atoms with Gasteiger partial charge >= 0.3 is 0 Å². The number of aromatic nitrogens is 3. The molecule has 0 N–H and O–H groups in total. The highest BCUT2D eigenvalue weighted by Crippen LogP contribution is 2.46. The van der Waals surface area contributed by atoms with Crippen molar-refractivity contribution < 1.29 is 9.57 Å². The van der Waals surface area contributed by atoms with Crippen molar-refractivity contribution in [1.82, 2.24) is 14.7 Å². The van der Waals surface area contributed by atoms with Gasteiger partial charge in [0.1, 0.15) is 12.2 Å². The fourth-order valence-corrected chi connectivity index (χ4v) is 5.15. The van der Waals surface area contributed by atoms with Crippen molar-refractivity contribution in [2.24, 2.45) is 0 Å². The van der Waals surface area contributed by atoms with Gasteiger partial charge in [-0.3, -0.25) is 0 Å². The van der Waals surface area contributed by atoms with Gasteiger partial charge in [-0.15, -0.1) is 0 Å². The largest absolute Gasteiger partial charge is 0.480 e. The number of rotatable bonds is 7. The second-order valence-electron chi connectivity index (χ2n) is 9.73. The summed E-state index contributed by atoms with van der Waals surface area (Å²) < 4.78 is 7.54. The Bertz CT molecular complexity index is 1560. The van der Waals surface area contributed by atoms with Crippen molar-refractivity contribution in [3.63, 3.8) is 0 Å². The predicted molar refractivity (Wildman–Crippen MR) is 154 cm³/mol. The average Bonchev–Trinajstić information content (AvgIpc) is 3.45. The van der Waals surface area contributed by atoms with Gasteiger partial charge < -0.3 is 19.4 Å². The first-order valence-electron chi connectivity index (χ1n) is 12.4. The number of halogens is 2. The van der Waals surface area contributed by atoms with Crippen molar-refractivity contribution >= 4 is 34.8 Å². The number of ether oxygens (including phenoxy) is 1. The normalized spacial score (nSPS) is 14.3. The summed E-state index contributed by atoms with van der Waals surface area (Å²) in [6.07, 6.45) is 1.63. The average molecular weight is 563 g/mol. The monoisotopic (exact) mass is 562 g/mol. The van der Waals surface area contributed by atoms with Gasteiger partial charge in [-0.1, -0.05) is 35.3 Å². The van der Waals surface area contributed by atoms with Crippen LogP contribution in [0.25, 0.3) is 11.3 Å². The lowest BCUT2D eigenvalue weighted by molar-refractivity contribution is 0.0576. The number of methoxy groups -OCH3 is 1. The second-order valence-corrected chi connectivity index (χ2v) is 10.6. The summed E-state index contributed by atoms with van der Waals surface area (Å²) in [5.74, 6) is 0.987. The highest BCUT2D eigenvalue weighted by atomic mass is 35.5. The number of nitriles is 1. The van der Waals surface area contributed by atoms with Gasteiger partial charge in [-0.25, -0.2) is 4.98 Å². The second kappa shape index (κ2) is 10.7. The molecule has 0 bridgehead atoms. The Morgan fingerprint density at radius 2 is 1.79 bits per heavy atom. The summed E-state index contributed by atoms with van der Waals surface area (Å²) in [7, 11) is 5.35. The van der Waals surface area contributed by atoms with Crippen LogP contribution in [0.2, 0.25) is 10.0 Å². The van der Waals surface area contributed by atoms with Crippen LogP contribution in [0.1, 0.15) is 42.3 Å². The summed E-state index contributed by atoms with van der Waals surface area (Å²) in [5.41, 5.74) is 5.73. The number of nitrogens with zero attached hydrogens (tertiary/aromatic N) is 6. The van der Waals surface area contributed by atoms with Crippen LogP contribution in [0.4, 0.5) is 11.6 Å². The molecule has 0 fully saturated rings. The molecule has 0 saturated carbocycles. The zero-order valence-electron chi connectivity index (χ0n) is 22.3. The van der Waals surface area contributed by atoms with Crippen molar-refractivity contribution in [3.05, 3.63) is 87.2 Å². The number of fused-ring (bicyclic) bond motifs is 1. The van der Waals surface area contributed by atoms with Crippen LogP contribution in [-0.2, 0) is 6.54 Å². The Morgan fingerprint density at radius 3 is 2.44 bits per heavy atom. The van der Waals surface area contributed by atoms with E-state index < -0.39 is 0 Å². The summed E-state index contributed by atoms with van der Waals surface area (Å²) >= 11 is 12.7. The van der Waals surface area contributed by atoms with Gasteiger partial charge in [0.25, 0.3) is 0 Å². The highest BCUT2D eigenvalue weighted by Gasteiger charge is 2.39. The first kappa shape index (κ1) is 26.7. The van der Waals surface area contributed by atoms with E-state index in [1.165, 1.54) is 0 Å². The molecule has 0 aliphatic carbocycles. The molecule has 200 valence electrons. The van der Waals surface area contributed by atoms with Gasteiger partial charge in [0, 0.05) is 36.9 Å². The summed E-state index contributed by atoms with van der Waals surface area (Å²) in [5, 5.41) is 11.1. The zero-order chi connectivity index (χ0) is 27.8. The molecule has 1 unspecified atom stereocenters. The van der Waals surface area contributed by atoms with E-state index in [0.29, 0.717) is 39.5 Å². The zero-order valence-corrected chi connectivity index (χ0v) is 23.8. The predicted octanol–water partition coefficient (Wildman–Crippen LogP) is 6.14. The van der Waals surface area contributed by atoms with Crippen LogP contribution < -0.4 is 19.4 Å². The van der Waals surface area contributed by atoms with E-state index in [4.69, 9.17) is 32.8 Å². The van der Waals surface area contributed by atoms with E-state index in [9.17, 15) is 5.26 Å². The van der Waals surface area contributed by atoms with Crippen LogP contribution >= 0.6 is 23.2 Å². The number of hydrogen-bond acceptors (Lipinski definition) is 7. The molecular weight excluding hydrogens is 535 g/mol. The van der Waals surface area contributed by atoms with Crippen molar-refractivity contribution in [2.45, 2.75) is 32.5 Å². The Morgan fingerprint density at radius 1 is 1.08 bits per heavy atom. The van der Waals surface area contributed by atoms with Crippen LogP contribution in [0.15, 0.2) is 54.7 Å². The van der Waals surface area contributed by atoms with Crippen LogP contribution in [0, 0.1) is 11.3 Å². The van der Waals surface area contributed by atoms with Crippen LogP contribution in [-0.4, -0.2) is 42.0 Å².